The molecule has 2 N–H and O–H groups in total. The predicted octanol–water partition coefficient (Wildman–Crippen LogP) is 3.77. The molecule has 0 unspecified atom stereocenters. The van der Waals surface area contributed by atoms with E-state index in [2.05, 4.69) is 10.9 Å². The van der Waals surface area contributed by atoms with Gasteiger partial charge in [-0.15, -0.1) is 23.5 Å². The Bertz CT molecular complexity index is 762. The summed E-state index contributed by atoms with van der Waals surface area (Å²) in [6.45, 7) is 0. The second-order valence-corrected chi connectivity index (χ2v) is 8.16. The molecule has 1 saturated heterocycles. The molecule has 0 aliphatic carbocycles. The summed E-state index contributed by atoms with van der Waals surface area (Å²) in [5, 5.41) is 0. The van der Waals surface area contributed by atoms with Crippen LogP contribution in [0.25, 0.3) is 0 Å². The molecule has 0 spiro atoms. The van der Waals surface area contributed by atoms with E-state index in [0.717, 1.165) is 11.5 Å². The van der Waals surface area contributed by atoms with E-state index in [4.69, 9.17) is 0 Å². The molecule has 0 bridgehead atoms. The van der Waals surface area contributed by atoms with Crippen LogP contribution in [-0.4, -0.2) is 23.3 Å². The van der Waals surface area contributed by atoms with Gasteiger partial charge in [-0.25, -0.2) is 4.39 Å². The summed E-state index contributed by atoms with van der Waals surface area (Å²) < 4.78 is 13.9. The van der Waals surface area contributed by atoms with Crippen LogP contribution in [0, 0.1) is 5.82 Å². The Morgan fingerprint density at radius 3 is 2.24 bits per heavy atom. The maximum absolute atomic E-state index is 13.5. The summed E-state index contributed by atoms with van der Waals surface area (Å²) in [6.07, 6.45) is 1.23. The van der Waals surface area contributed by atoms with Crippen molar-refractivity contribution in [3.8, 4) is 0 Å². The van der Waals surface area contributed by atoms with E-state index in [0.29, 0.717) is 10.1 Å². The molecule has 0 aromatic heterocycles. The fourth-order valence-electron chi connectivity index (χ4n) is 2.37. The fourth-order valence-corrected chi connectivity index (χ4v) is 5.26. The van der Waals surface area contributed by atoms with E-state index in [1.54, 1.807) is 18.2 Å². The number of benzene rings is 2. The Hall–Kier alpha value is -1.99. The molecule has 7 heteroatoms. The van der Waals surface area contributed by atoms with Gasteiger partial charge in [0, 0.05) is 5.56 Å². The number of hydrogen-bond acceptors (Lipinski definition) is 4. The molecule has 130 valence electrons. The van der Waals surface area contributed by atoms with Crippen LogP contribution in [0.1, 0.15) is 37.3 Å². The largest absolute Gasteiger partial charge is 0.272 e. The van der Waals surface area contributed by atoms with E-state index >= 15 is 0 Å². The number of thioether (sulfide) groups is 2. The van der Waals surface area contributed by atoms with Gasteiger partial charge in [0.15, 0.2) is 0 Å². The number of amides is 2. The summed E-state index contributed by atoms with van der Waals surface area (Å²) in [5.74, 6) is 0.531. The molecule has 0 saturated carbocycles. The first-order valence-corrected chi connectivity index (χ1v) is 9.93. The molecular weight excluding hydrogens is 359 g/mol. The first-order chi connectivity index (χ1) is 12.1. The zero-order valence-electron chi connectivity index (χ0n) is 13.3. The van der Waals surface area contributed by atoms with Gasteiger partial charge in [-0.05, 0) is 47.8 Å². The van der Waals surface area contributed by atoms with E-state index < -0.39 is 17.6 Å². The Labute approximate surface area is 153 Å². The SMILES string of the molecule is O=C(NNC(=O)c1ccccc1F)c1ccc(C2SCCCS2)cc1. The maximum atomic E-state index is 13.5. The van der Waals surface area contributed by atoms with Crippen molar-refractivity contribution >= 4 is 35.3 Å². The highest BCUT2D eigenvalue weighted by Crippen LogP contribution is 2.43. The first-order valence-electron chi connectivity index (χ1n) is 7.83. The van der Waals surface area contributed by atoms with Crippen LogP contribution in [0.2, 0.25) is 0 Å². The Kier molecular flexibility index (Phi) is 5.99. The first kappa shape index (κ1) is 17.8. The minimum atomic E-state index is -0.696. The fraction of sp³-hybridized carbons (Fsp3) is 0.222. The molecule has 4 nitrogen and oxygen atoms in total. The van der Waals surface area contributed by atoms with E-state index in [1.165, 1.54) is 30.2 Å². The Morgan fingerprint density at radius 1 is 0.920 bits per heavy atom. The molecule has 0 atom stereocenters. The minimum absolute atomic E-state index is 0.121. The summed E-state index contributed by atoms with van der Waals surface area (Å²) >= 11 is 3.83. The quantitative estimate of drug-likeness (QED) is 0.801. The number of nitrogens with one attached hydrogen (secondary N) is 2. The standard InChI is InChI=1S/C18H17FN2O2S2/c19-15-5-2-1-4-14(15)17(23)21-20-16(22)12-6-8-13(9-7-12)18-24-10-3-11-25-18/h1-2,4-9,18H,3,10-11H2,(H,20,22)(H,21,23). The van der Waals surface area contributed by atoms with Crippen LogP contribution >= 0.6 is 23.5 Å². The maximum Gasteiger partial charge on any atom is 0.272 e. The van der Waals surface area contributed by atoms with Crippen LogP contribution < -0.4 is 10.9 Å². The van der Waals surface area contributed by atoms with Gasteiger partial charge in [-0.1, -0.05) is 24.3 Å². The molecule has 2 aromatic carbocycles. The van der Waals surface area contributed by atoms with Crippen molar-refractivity contribution in [1.82, 2.24) is 10.9 Å². The highest BCUT2D eigenvalue weighted by Gasteiger charge is 2.17. The van der Waals surface area contributed by atoms with Crippen molar-refractivity contribution in [2.45, 2.75) is 11.0 Å². The Morgan fingerprint density at radius 2 is 1.56 bits per heavy atom. The monoisotopic (exact) mass is 376 g/mol. The number of rotatable bonds is 3. The second-order valence-electron chi connectivity index (χ2n) is 5.44. The number of halogens is 1. The number of carbonyl (C=O) groups excluding carboxylic acids is 2. The summed E-state index contributed by atoms with van der Waals surface area (Å²) in [6, 6.07) is 12.9. The third-order valence-corrected chi connectivity index (χ3v) is 6.70. The predicted molar refractivity (Wildman–Crippen MR) is 100 cm³/mol. The van der Waals surface area contributed by atoms with Crippen molar-refractivity contribution in [2.24, 2.45) is 0 Å². The van der Waals surface area contributed by atoms with Crippen LogP contribution in [0.5, 0.6) is 0 Å². The van der Waals surface area contributed by atoms with E-state index in [1.807, 2.05) is 35.7 Å². The normalized spacial score (nSPS) is 14.8. The van der Waals surface area contributed by atoms with E-state index in [-0.39, 0.29) is 5.56 Å². The number of hydrazine groups is 1. The summed E-state index contributed by atoms with van der Waals surface area (Å²) in [7, 11) is 0. The lowest BCUT2D eigenvalue weighted by Crippen LogP contribution is -2.41. The molecule has 1 fully saturated rings. The van der Waals surface area contributed by atoms with Gasteiger partial charge in [0.2, 0.25) is 0 Å². The molecule has 2 aromatic rings. The van der Waals surface area contributed by atoms with Gasteiger partial charge < -0.3 is 0 Å². The van der Waals surface area contributed by atoms with Crippen molar-refractivity contribution in [1.29, 1.82) is 0 Å². The molecule has 3 rings (SSSR count). The molecule has 2 amide bonds. The molecular formula is C18H17FN2O2S2. The van der Waals surface area contributed by atoms with E-state index in [9.17, 15) is 14.0 Å². The summed E-state index contributed by atoms with van der Waals surface area (Å²) in [4.78, 5) is 24.0. The molecule has 0 radical (unpaired) electrons. The smallest absolute Gasteiger partial charge is 0.267 e. The second kappa shape index (κ2) is 8.40. The average molecular weight is 376 g/mol. The zero-order chi connectivity index (χ0) is 17.6. The lowest BCUT2D eigenvalue weighted by Gasteiger charge is -2.21. The molecule has 1 aliphatic rings. The van der Waals surface area contributed by atoms with Crippen LogP contribution in [-0.2, 0) is 0 Å². The highest BCUT2D eigenvalue weighted by atomic mass is 32.2. The zero-order valence-corrected chi connectivity index (χ0v) is 15.0. The van der Waals surface area contributed by atoms with Crippen LogP contribution in [0.15, 0.2) is 48.5 Å². The third kappa shape index (κ3) is 4.55. The van der Waals surface area contributed by atoms with Gasteiger partial charge in [-0.2, -0.15) is 0 Å². The summed E-state index contributed by atoms with van der Waals surface area (Å²) in [5.41, 5.74) is 6.03. The minimum Gasteiger partial charge on any atom is -0.267 e. The van der Waals surface area contributed by atoms with Crippen molar-refractivity contribution in [3.05, 3.63) is 71.0 Å². The van der Waals surface area contributed by atoms with Crippen LogP contribution in [0.3, 0.4) is 0 Å². The Balaban J connectivity index is 1.58. The van der Waals surface area contributed by atoms with Gasteiger partial charge in [0.1, 0.15) is 5.82 Å². The lowest BCUT2D eigenvalue weighted by atomic mass is 10.1. The van der Waals surface area contributed by atoms with Gasteiger partial charge in [0.05, 0.1) is 10.1 Å². The molecule has 1 heterocycles. The number of carbonyl (C=O) groups is 2. The average Bonchev–Trinajstić information content (AvgIpc) is 2.67. The molecule has 1 aliphatic heterocycles. The van der Waals surface area contributed by atoms with Gasteiger partial charge >= 0.3 is 0 Å². The lowest BCUT2D eigenvalue weighted by molar-refractivity contribution is 0.0844. The number of hydrogen-bond donors (Lipinski definition) is 2. The highest BCUT2D eigenvalue weighted by molar-refractivity contribution is 8.16. The van der Waals surface area contributed by atoms with Crippen LogP contribution in [0.4, 0.5) is 4.39 Å². The third-order valence-electron chi connectivity index (χ3n) is 3.68. The molecule has 25 heavy (non-hydrogen) atoms. The van der Waals surface area contributed by atoms with Gasteiger partial charge in [0.25, 0.3) is 11.8 Å². The van der Waals surface area contributed by atoms with Crippen molar-refractivity contribution in [3.63, 3.8) is 0 Å². The van der Waals surface area contributed by atoms with Crippen molar-refractivity contribution < 1.29 is 14.0 Å². The topological polar surface area (TPSA) is 58.2 Å². The van der Waals surface area contributed by atoms with Gasteiger partial charge in [-0.3, -0.25) is 20.4 Å². The van der Waals surface area contributed by atoms with Crippen molar-refractivity contribution in [2.75, 3.05) is 11.5 Å².